The summed E-state index contributed by atoms with van der Waals surface area (Å²) < 4.78 is 32.6. The summed E-state index contributed by atoms with van der Waals surface area (Å²) in [6.07, 6.45) is 3.36. The van der Waals surface area contributed by atoms with Crippen LogP contribution in [0.25, 0.3) is 0 Å². The number of rotatable bonds is 8. The molecule has 0 unspecified atom stereocenters. The molecule has 7 nitrogen and oxygen atoms in total. The molecule has 2 rings (SSSR count). The van der Waals surface area contributed by atoms with Crippen molar-refractivity contribution in [2.45, 2.75) is 31.1 Å². The zero-order valence-corrected chi connectivity index (χ0v) is 20.1. The highest BCUT2D eigenvalue weighted by molar-refractivity contribution is 14.0. The van der Waals surface area contributed by atoms with E-state index in [0.717, 1.165) is 50.5 Å². The van der Waals surface area contributed by atoms with E-state index in [-0.39, 0.29) is 28.9 Å². The number of halogens is 1. The minimum absolute atomic E-state index is 0. The van der Waals surface area contributed by atoms with Crippen LogP contribution in [0, 0.1) is 12.8 Å². The molecule has 0 spiro atoms. The number of aryl methyl sites for hydroxylation is 1. The molecule has 1 aliphatic heterocycles. The van der Waals surface area contributed by atoms with Gasteiger partial charge in [0.25, 0.3) is 0 Å². The number of benzene rings is 1. The molecular formula is C19H33IN4O3S. The molecule has 0 radical (unpaired) electrons. The van der Waals surface area contributed by atoms with E-state index in [1.807, 2.05) is 14.0 Å². The molecule has 0 amide bonds. The summed E-state index contributed by atoms with van der Waals surface area (Å²) in [6.45, 7) is 5.34. The molecule has 1 aliphatic rings. The molecule has 0 bridgehead atoms. The van der Waals surface area contributed by atoms with Gasteiger partial charge in [-0.3, -0.25) is 4.99 Å². The maximum atomic E-state index is 12.3. The van der Waals surface area contributed by atoms with Gasteiger partial charge in [0, 0.05) is 46.9 Å². The SMILES string of the molecule is CN=C(NCCNS(=O)(=O)c1ccc(C)cc1)N(C)CCC1CCOCC1.I. The van der Waals surface area contributed by atoms with Gasteiger partial charge in [0.2, 0.25) is 10.0 Å². The third-order valence-corrected chi connectivity index (χ3v) is 6.30. The van der Waals surface area contributed by atoms with E-state index in [1.165, 1.54) is 0 Å². The van der Waals surface area contributed by atoms with Gasteiger partial charge in [0.05, 0.1) is 4.90 Å². The van der Waals surface area contributed by atoms with Gasteiger partial charge >= 0.3 is 0 Å². The molecule has 0 atom stereocenters. The van der Waals surface area contributed by atoms with Crippen LogP contribution in [0.3, 0.4) is 0 Å². The number of aliphatic imine (C=N–C) groups is 1. The van der Waals surface area contributed by atoms with Crippen LogP contribution in [-0.2, 0) is 14.8 Å². The van der Waals surface area contributed by atoms with Gasteiger partial charge < -0.3 is 15.0 Å². The largest absolute Gasteiger partial charge is 0.381 e. The van der Waals surface area contributed by atoms with Crippen molar-refractivity contribution in [1.29, 1.82) is 0 Å². The van der Waals surface area contributed by atoms with Crippen molar-refractivity contribution in [3.63, 3.8) is 0 Å². The van der Waals surface area contributed by atoms with Gasteiger partial charge in [-0.15, -0.1) is 24.0 Å². The average Bonchev–Trinajstić information content (AvgIpc) is 2.67. The highest BCUT2D eigenvalue weighted by atomic mass is 127. The topological polar surface area (TPSA) is 83.0 Å². The summed E-state index contributed by atoms with van der Waals surface area (Å²) in [4.78, 5) is 6.65. The molecule has 1 saturated heterocycles. The van der Waals surface area contributed by atoms with E-state index in [4.69, 9.17) is 4.74 Å². The van der Waals surface area contributed by atoms with Crippen LogP contribution in [-0.4, -0.2) is 66.2 Å². The summed E-state index contributed by atoms with van der Waals surface area (Å²) >= 11 is 0. The fraction of sp³-hybridized carbons (Fsp3) is 0.632. The Morgan fingerprint density at radius 1 is 1.21 bits per heavy atom. The summed E-state index contributed by atoms with van der Waals surface area (Å²) in [6, 6.07) is 6.83. The monoisotopic (exact) mass is 524 g/mol. The van der Waals surface area contributed by atoms with E-state index in [2.05, 4.69) is 19.9 Å². The predicted molar refractivity (Wildman–Crippen MR) is 124 cm³/mol. The Balaban J connectivity index is 0.00000392. The number of hydrogen-bond acceptors (Lipinski definition) is 4. The Hall–Kier alpha value is -0.910. The van der Waals surface area contributed by atoms with Gasteiger partial charge in [-0.05, 0) is 44.2 Å². The van der Waals surface area contributed by atoms with Crippen molar-refractivity contribution in [2.75, 3.05) is 46.9 Å². The van der Waals surface area contributed by atoms with Gasteiger partial charge in [-0.1, -0.05) is 17.7 Å². The maximum absolute atomic E-state index is 12.3. The fourth-order valence-electron chi connectivity index (χ4n) is 3.06. The van der Waals surface area contributed by atoms with Gasteiger partial charge in [0.1, 0.15) is 0 Å². The molecule has 0 aromatic heterocycles. The van der Waals surface area contributed by atoms with Gasteiger partial charge in [-0.2, -0.15) is 0 Å². The standard InChI is InChI=1S/C19H32N4O3S.HI/c1-16-4-6-18(7-5-16)27(24,25)22-12-11-21-19(20-2)23(3)13-8-17-9-14-26-15-10-17;/h4-7,17,22H,8-15H2,1-3H3,(H,20,21);1H. The summed E-state index contributed by atoms with van der Waals surface area (Å²) in [5.74, 6) is 1.48. The first-order chi connectivity index (χ1) is 12.9. The lowest BCUT2D eigenvalue weighted by Gasteiger charge is -2.26. The van der Waals surface area contributed by atoms with Crippen LogP contribution >= 0.6 is 24.0 Å². The third kappa shape index (κ3) is 8.22. The van der Waals surface area contributed by atoms with E-state index in [1.54, 1.807) is 31.3 Å². The Bertz CT molecular complexity index is 704. The summed E-state index contributed by atoms with van der Waals surface area (Å²) in [7, 11) is 0.263. The van der Waals surface area contributed by atoms with Crippen LogP contribution in [0.4, 0.5) is 0 Å². The zero-order valence-electron chi connectivity index (χ0n) is 17.0. The smallest absolute Gasteiger partial charge is 0.240 e. The lowest BCUT2D eigenvalue weighted by molar-refractivity contribution is 0.0625. The van der Waals surface area contributed by atoms with E-state index in [9.17, 15) is 8.42 Å². The highest BCUT2D eigenvalue weighted by Gasteiger charge is 2.16. The Labute approximate surface area is 186 Å². The Kier molecular flexibility index (Phi) is 11.3. The maximum Gasteiger partial charge on any atom is 0.240 e. The minimum Gasteiger partial charge on any atom is -0.381 e. The molecule has 9 heteroatoms. The number of ether oxygens (including phenoxy) is 1. The van der Waals surface area contributed by atoms with Crippen LogP contribution < -0.4 is 10.0 Å². The molecule has 2 N–H and O–H groups in total. The second-order valence-electron chi connectivity index (χ2n) is 6.95. The van der Waals surface area contributed by atoms with Gasteiger partial charge in [0.15, 0.2) is 5.96 Å². The first-order valence-corrected chi connectivity index (χ1v) is 11.0. The van der Waals surface area contributed by atoms with E-state index < -0.39 is 10.0 Å². The first kappa shape index (κ1) is 25.1. The molecular weight excluding hydrogens is 491 g/mol. The van der Waals surface area contributed by atoms with E-state index >= 15 is 0 Å². The fourth-order valence-corrected chi connectivity index (χ4v) is 4.09. The van der Waals surface area contributed by atoms with Crippen molar-refractivity contribution in [1.82, 2.24) is 14.9 Å². The van der Waals surface area contributed by atoms with Crippen LogP contribution in [0.2, 0.25) is 0 Å². The predicted octanol–water partition coefficient (Wildman–Crippen LogP) is 2.22. The van der Waals surface area contributed by atoms with Crippen molar-refractivity contribution in [3.8, 4) is 0 Å². The Morgan fingerprint density at radius 3 is 2.46 bits per heavy atom. The lowest BCUT2D eigenvalue weighted by Crippen LogP contribution is -2.43. The summed E-state index contributed by atoms with van der Waals surface area (Å²) in [5.41, 5.74) is 1.03. The van der Waals surface area contributed by atoms with Gasteiger partial charge in [-0.25, -0.2) is 13.1 Å². The van der Waals surface area contributed by atoms with E-state index in [0.29, 0.717) is 19.0 Å². The molecule has 1 aromatic rings. The molecule has 1 heterocycles. The number of nitrogens with one attached hydrogen (secondary N) is 2. The number of hydrogen-bond donors (Lipinski definition) is 2. The number of guanidine groups is 1. The number of sulfonamides is 1. The first-order valence-electron chi connectivity index (χ1n) is 9.48. The minimum atomic E-state index is -3.48. The normalized spacial score (nSPS) is 15.8. The van der Waals surface area contributed by atoms with Crippen molar-refractivity contribution < 1.29 is 13.2 Å². The number of nitrogens with zero attached hydrogens (tertiary/aromatic N) is 2. The third-order valence-electron chi connectivity index (χ3n) is 4.82. The lowest BCUT2D eigenvalue weighted by atomic mass is 9.96. The molecule has 1 fully saturated rings. The molecule has 28 heavy (non-hydrogen) atoms. The van der Waals surface area contributed by atoms with Crippen LogP contribution in [0.5, 0.6) is 0 Å². The quantitative estimate of drug-likeness (QED) is 0.236. The summed E-state index contributed by atoms with van der Waals surface area (Å²) in [5, 5.41) is 3.21. The molecule has 0 aliphatic carbocycles. The van der Waals surface area contributed by atoms with Crippen LogP contribution in [0.1, 0.15) is 24.8 Å². The second-order valence-corrected chi connectivity index (χ2v) is 8.72. The van der Waals surface area contributed by atoms with Crippen molar-refractivity contribution >= 4 is 40.0 Å². The van der Waals surface area contributed by atoms with Crippen molar-refractivity contribution in [2.24, 2.45) is 10.9 Å². The average molecular weight is 524 g/mol. The second kappa shape index (κ2) is 12.6. The molecule has 1 aromatic carbocycles. The molecule has 0 saturated carbocycles. The highest BCUT2D eigenvalue weighted by Crippen LogP contribution is 2.18. The molecule has 160 valence electrons. The van der Waals surface area contributed by atoms with Crippen molar-refractivity contribution in [3.05, 3.63) is 29.8 Å². The van der Waals surface area contributed by atoms with Crippen LogP contribution in [0.15, 0.2) is 34.2 Å². The zero-order chi connectivity index (χ0) is 19.7. The Morgan fingerprint density at radius 2 is 1.86 bits per heavy atom.